The molecule has 2 N–H and O–H groups in total. The standard InChI is InChI=1S/C30H28FN3O3.C2HF3O2/c31-23-14-12-21(13-15-23)18-33-17-7-16-30(29(33)37)25-24(26(32-30)22-10-5-2-6-11-22)27(35)34(28(25)36)19-20-8-3-1-4-9-20;3-2(4,5)1(6)7/h1-6,8-15,24-26,32H,7,16-19H2;(H,6,7)/t24-,25-,26-,30-;/m1./s1. The van der Waals surface area contributed by atoms with Crippen LogP contribution in [0.4, 0.5) is 17.6 Å². The maximum absolute atomic E-state index is 14.2. The molecule has 3 aromatic carbocycles. The first-order valence-electron chi connectivity index (χ1n) is 14.0. The number of carbonyl (C=O) groups excluding carboxylic acids is 3. The Morgan fingerprint density at radius 2 is 1.43 bits per heavy atom. The Hall–Kier alpha value is -4.58. The SMILES string of the molecule is O=C(O)C(F)(F)F.O=C1[C@H]2[C@@H](c3ccccc3)N[C@]3(CCCN(Cc4ccc(F)cc4)C3=O)[C@H]2C(=O)N1Cc1ccccc1. The molecule has 0 radical (unpaired) electrons. The lowest BCUT2D eigenvalue weighted by Crippen LogP contribution is -2.63. The fraction of sp³-hybridized carbons (Fsp3) is 0.312. The number of likely N-dealkylation sites (tertiary alicyclic amines) is 2. The molecule has 3 fully saturated rings. The lowest BCUT2D eigenvalue weighted by atomic mass is 9.74. The molecular formula is C32H29F4N3O5. The number of carboxylic acids is 1. The number of piperidine rings is 1. The van der Waals surface area contributed by atoms with Crippen LogP contribution in [-0.2, 0) is 32.3 Å². The third kappa shape index (κ3) is 5.94. The summed E-state index contributed by atoms with van der Waals surface area (Å²) in [7, 11) is 0. The topological polar surface area (TPSA) is 107 Å². The third-order valence-corrected chi connectivity index (χ3v) is 8.28. The van der Waals surface area contributed by atoms with Gasteiger partial charge in [-0.05, 0) is 41.7 Å². The minimum Gasteiger partial charge on any atom is -0.475 e. The summed E-state index contributed by atoms with van der Waals surface area (Å²) in [6.07, 6.45) is -3.90. The predicted molar refractivity (Wildman–Crippen MR) is 149 cm³/mol. The first-order chi connectivity index (χ1) is 20.9. The van der Waals surface area contributed by atoms with Crippen LogP contribution in [0.3, 0.4) is 0 Å². The summed E-state index contributed by atoms with van der Waals surface area (Å²) in [5.74, 6) is -5.22. The maximum atomic E-state index is 14.2. The average molecular weight is 612 g/mol. The van der Waals surface area contributed by atoms with E-state index in [0.717, 1.165) is 16.7 Å². The number of carbonyl (C=O) groups is 4. The molecule has 3 heterocycles. The number of halogens is 4. The molecule has 3 amide bonds. The fourth-order valence-corrected chi connectivity index (χ4v) is 6.36. The van der Waals surface area contributed by atoms with Gasteiger partial charge >= 0.3 is 12.1 Å². The van der Waals surface area contributed by atoms with E-state index >= 15 is 0 Å². The number of nitrogens with one attached hydrogen (secondary N) is 1. The summed E-state index contributed by atoms with van der Waals surface area (Å²) < 4.78 is 45.2. The molecule has 3 aromatic rings. The zero-order chi connectivity index (χ0) is 31.6. The van der Waals surface area contributed by atoms with E-state index in [-0.39, 0.29) is 30.1 Å². The van der Waals surface area contributed by atoms with Crippen molar-refractivity contribution in [3.8, 4) is 0 Å². The highest BCUT2D eigenvalue weighted by atomic mass is 19.4. The van der Waals surface area contributed by atoms with Crippen LogP contribution in [0.5, 0.6) is 0 Å². The quantitative estimate of drug-likeness (QED) is 0.326. The number of hydrogen-bond acceptors (Lipinski definition) is 5. The van der Waals surface area contributed by atoms with E-state index in [1.807, 2.05) is 60.7 Å². The minimum atomic E-state index is -5.08. The van der Waals surface area contributed by atoms with Gasteiger partial charge in [-0.1, -0.05) is 72.8 Å². The molecule has 0 unspecified atom stereocenters. The molecule has 3 aliphatic rings. The maximum Gasteiger partial charge on any atom is 0.490 e. The van der Waals surface area contributed by atoms with Gasteiger partial charge in [-0.15, -0.1) is 0 Å². The van der Waals surface area contributed by atoms with Crippen molar-refractivity contribution in [1.29, 1.82) is 0 Å². The van der Waals surface area contributed by atoms with Crippen molar-refractivity contribution in [2.45, 2.75) is 43.7 Å². The van der Waals surface area contributed by atoms with Gasteiger partial charge in [0, 0.05) is 19.1 Å². The van der Waals surface area contributed by atoms with Gasteiger partial charge < -0.3 is 10.0 Å². The summed E-state index contributed by atoms with van der Waals surface area (Å²) in [6.45, 7) is 1.06. The molecule has 0 aliphatic carbocycles. The number of amides is 3. The van der Waals surface area contributed by atoms with Crippen molar-refractivity contribution in [2.75, 3.05) is 6.54 Å². The number of rotatable bonds is 5. The molecule has 0 aromatic heterocycles. The Labute approximate surface area is 250 Å². The van der Waals surface area contributed by atoms with Gasteiger partial charge in [-0.25, -0.2) is 9.18 Å². The summed E-state index contributed by atoms with van der Waals surface area (Å²) in [5.41, 5.74) is 1.41. The molecule has 1 spiro atoms. The first kappa shape index (κ1) is 30.9. The normalized spacial score (nSPS) is 24.7. The smallest absolute Gasteiger partial charge is 0.475 e. The number of imide groups is 1. The second-order valence-corrected chi connectivity index (χ2v) is 11.0. The van der Waals surface area contributed by atoms with E-state index < -0.39 is 35.6 Å². The fourth-order valence-electron chi connectivity index (χ4n) is 6.36. The monoisotopic (exact) mass is 611 g/mol. The van der Waals surface area contributed by atoms with Crippen LogP contribution in [0, 0.1) is 17.7 Å². The van der Waals surface area contributed by atoms with Gasteiger partial charge in [-0.3, -0.25) is 24.6 Å². The largest absolute Gasteiger partial charge is 0.490 e. The molecule has 3 aliphatic heterocycles. The second-order valence-electron chi connectivity index (χ2n) is 11.0. The van der Waals surface area contributed by atoms with Crippen molar-refractivity contribution >= 4 is 23.7 Å². The number of fused-ring (bicyclic) bond motifs is 2. The molecule has 12 heteroatoms. The number of carboxylic acid groups (broad SMARTS) is 1. The van der Waals surface area contributed by atoms with Crippen molar-refractivity contribution in [3.63, 3.8) is 0 Å². The Bertz CT molecular complexity index is 1530. The van der Waals surface area contributed by atoms with E-state index in [1.165, 1.54) is 17.0 Å². The predicted octanol–water partition coefficient (Wildman–Crippen LogP) is 4.47. The summed E-state index contributed by atoms with van der Waals surface area (Å²) in [6, 6.07) is 24.7. The lowest BCUT2D eigenvalue weighted by Gasteiger charge is -2.42. The van der Waals surface area contributed by atoms with E-state index in [4.69, 9.17) is 9.90 Å². The van der Waals surface area contributed by atoms with Crippen molar-refractivity contribution in [3.05, 3.63) is 107 Å². The number of alkyl halides is 3. The second kappa shape index (κ2) is 12.2. The van der Waals surface area contributed by atoms with Crippen molar-refractivity contribution in [2.24, 2.45) is 11.8 Å². The van der Waals surface area contributed by atoms with E-state index in [1.54, 1.807) is 17.0 Å². The minimum absolute atomic E-state index is 0.167. The Kier molecular flexibility index (Phi) is 8.55. The van der Waals surface area contributed by atoms with Gasteiger partial charge in [0.25, 0.3) is 0 Å². The third-order valence-electron chi connectivity index (χ3n) is 8.28. The molecule has 4 atom stereocenters. The van der Waals surface area contributed by atoms with Crippen LogP contribution in [-0.4, -0.2) is 56.9 Å². The van der Waals surface area contributed by atoms with Crippen LogP contribution in [0.25, 0.3) is 0 Å². The van der Waals surface area contributed by atoms with Crippen molar-refractivity contribution in [1.82, 2.24) is 15.1 Å². The van der Waals surface area contributed by atoms with Gasteiger partial charge in [0.15, 0.2) is 0 Å². The highest BCUT2D eigenvalue weighted by molar-refractivity contribution is 6.10. The van der Waals surface area contributed by atoms with Crippen LogP contribution in [0.2, 0.25) is 0 Å². The molecule has 8 nitrogen and oxygen atoms in total. The Balaban J connectivity index is 0.000000493. The Morgan fingerprint density at radius 3 is 2.02 bits per heavy atom. The van der Waals surface area contributed by atoms with Gasteiger partial charge in [-0.2, -0.15) is 13.2 Å². The molecule has 0 saturated carbocycles. The molecule has 230 valence electrons. The van der Waals surface area contributed by atoms with Crippen LogP contribution in [0.1, 0.15) is 35.6 Å². The zero-order valence-electron chi connectivity index (χ0n) is 23.3. The van der Waals surface area contributed by atoms with Crippen molar-refractivity contribution < 1.29 is 41.8 Å². The molecular weight excluding hydrogens is 582 g/mol. The van der Waals surface area contributed by atoms with Crippen LogP contribution >= 0.6 is 0 Å². The van der Waals surface area contributed by atoms with Crippen LogP contribution < -0.4 is 5.32 Å². The van der Waals surface area contributed by atoms with E-state index in [0.29, 0.717) is 25.9 Å². The highest BCUT2D eigenvalue weighted by Gasteiger charge is 2.68. The van der Waals surface area contributed by atoms with Gasteiger partial charge in [0.2, 0.25) is 17.7 Å². The van der Waals surface area contributed by atoms with Crippen LogP contribution in [0.15, 0.2) is 84.9 Å². The Morgan fingerprint density at radius 1 is 0.864 bits per heavy atom. The molecule has 6 rings (SSSR count). The lowest BCUT2D eigenvalue weighted by molar-refractivity contribution is -0.192. The van der Waals surface area contributed by atoms with E-state index in [2.05, 4.69) is 5.32 Å². The van der Waals surface area contributed by atoms with Gasteiger partial charge in [0.05, 0.1) is 18.4 Å². The number of aliphatic carboxylic acids is 1. The van der Waals surface area contributed by atoms with Gasteiger partial charge in [0.1, 0.15) is 11.4 Å². The average Bonchev–Trinajstić information content (AvgIpc) is 3.47. The summed E-state index contributed by atoms with van der Waals surface area (Å²) in [5, 5.41) is 10.7. The number of nitrogens with zero attached hydrogens (tertiary/aromatic N) is 2. The summed E-state index contributed by atoms with van der Waals surface area (Å²) >= 11 is 0. The molecule has 44 heavy (non-hydrogen) atoms. The molecule has 3 saturated heterocycles. The highest BCUT2D eigenvalue weighted by Crippen LogP contribution is 2.52. The first-order valence-corrected chi connectivity index (χ1v) is 14.0. The number of hydrogen-bond donors (Lipinski definition) is 2. The zero-order valence-corrected chi connectivity index (χ0v) is 23.3. The number of benzene rings is 3. The van der Waals surface area contributed by atoms with E-state index in [9.17, 15) is 31.9 Å². The molecule has 0 bridgehead atoms. The summed E-state index contributed by atoms with van der Waals surface area (Å²) in [4.78, 5) is 53.9.